The minimum absolute atomic E-state index is 0.141. The highest BCUT2D eigenvalue weighted by atomic mass is 19.4. The Balaban J connectivity index is 1.50. The Bertz CT molecular complexity index is 1070. The highest BCUT2D eigenvalue weighted by Crippen LogP contribution is 2.31. The van der Waals surface area contributed by atoms with Crippen molar-refractivity contribution in [1.29, 1.82) is 0 Å². The van der Waals surface area contributed by atoms with Gasteiger partial charge in [-0.15, -0.1) is 0 Å². The van der Waals surface area contributed by atoms with E-state index < -0.39 is 11.9 Å². The molecular weight excluding hydrogens is 407 g/mol. The first-order chi connectivity index (χ1) is 14.8. The number of likely N-dealkylation sites (tertiary alicyclic amines) is 1. The molecule has 3 aromatic rings. The average Bonchev–Trinajstić information content (AvgIpc) is 3.45. The van der Waals surface area contributed by atoms with Gasteiger partial charge < -0.3 is 9.47 Å². The molecule has 1 atom stereocenters. The summed E-state index contributed by atoms with van der Waals surface area (Å²) in [5.74, 6) is -0.292. The van der Waals surface area contributed by atoms with E-state index >= 15 is 0 Å². The zero-order valence-electron chi connectivity index (χ0n) is 17.0. The summed E-state index contributed by atoms with van der Waals surface area (Å²) < 4.78 is 41.5. The summed E-state index contributed by atoms with van der Waals surface area (Å²) in [6, 6.07) is 8.35. The highest BCUT2D eigenvalue weighted by Gasteiger charge is 2.36. The zero-order chi connectivity index (χ0) is 22.0. The molecule has 3 heterocycles. The molecule has 0 spiro atoms. The third kappa shape index (κ3) is 4.76. The van der Waals surface area contributed by atoms with Crippen LogP contribution in [0.15, 0.2) is 49.1 Å². The van der Waals surface area contributed by atoms with Crippen LogP contribution in [0.2, 0.25) is 0 Å². The van der Waals surface area contributed by atoms with Gasteiger partial charge in [0.25, 0.3) is 5.91 Å². The van der Waals surface area contributed by atoms with Crippen molar-refractivity contribution < 1.29 is 18.0 Å². The van der Waals surface area contributed by atoms with E-state index in [1.807, 2.05) is 29.0 Å². The van der Waals surface area contributed by atoms with Crippen molar-refractivity contribution >= 4 is 5.91 Å². The van der Waals surface area contributed by atoms with Crippen molar-refractivity contribution in [2.24, 2.45) is 0 Å². The molecule has 6 nitrogen and oxygen atoms in total. The van der Waals surface area contributed by atoms with Gasteiger partial charge in [0.2, 0.25) is 0 Å². The Morgan fingerprint density at radius 3 is 2.77 bits per heavy atom. The lowest BCUT2D eigenvalue weighted by Gasteiger charge is -2.17. The lowest BCUT2D eigenvalue weighted by Crippen LogP contribution is -2.29. The first kappa shape index (κ1) is 21.0. The molecule has 1 unspecified atom stereocenters. The lowest BCUT2D eigenvalue weighted by atomic mass is 10.1. The number of hydrogen-bond donors (Lipinski definition) is 0. The van der Waals surface area contributed by atoms with E-state index in [9.17, 15) is 18.0 Å². The van der Waals surface area contributed by atoms with Crippen molar-refractivity contribution in [3.63, 3.8) is 0 Å². The van der Waals surface area contributed by atoms with Crippen molar-refractivity contribution in [3.8, 4) is 0 Å². The van der Waals surface area contributed by atoms with Gasteiger partial charge in [-0.25, -0.2) is 15.0 Å². The largest absolute Gasteiger partial charge is 0.433 e. The molecule has 4 rings (SSSR count). The molecule has 0 saturated carbocycles. The van der Waals surface area contributed by atoms with Gasteiger partial charge in [-0.2, -0.15) is 13.2 Å². The smallest absolute Gasteiger partial charge is 0.338 e. The van der Waals surface area contributed by atoms with Gasteiger partial charge in [0.05, 0.1) is 6.33 Å². The monoisotopic (exact) mass is 429 g/mol. The average molecular weight is 429 g/mol. The SMILES string of the molecule is CCc1cc(C(F)(F)F)nc(C2CCN(C(=O)c3cccc(Cn4ccnc4)c3)C2)n1. The van der Waals surface area contributed by atoms with E-state index in [1.54, 1.807) is 30.4 Å². The number of benzene rings is 1. The number of hydrogen-bond acceptors (Lipinski definition) is 4. The summed E-state index contributed by atoms with van der Waals surface area (Å²) >= 11 is 0. The third-order valence-corrected chi connectivity index (χ3v) is 5.39. The van der Waals surface area contributed by atoms with Gasteiger partial charge >= 0.3 is 6.18 Å². The van der Waals surface area contributed by atoms with E-state index in [0.29, 0.717) is 43.7 Å². The summed E-state index contributed by atoms with van der Waals surface area (Å²) in [5, 5.41) is 0. The number of rotatable bonds is 5. The first-order valence-electron chi connectivity index (χ1n) is 10.1. The second-order valence-electron chi connectivity index (χ2n) is 7.63. The maximum absolute atomic E-state index is 13.2. The number of alkyl halides is 3. The predicted molar refractivity (Wildman–Crippen MR) is 107 cm³/mol. The fraction of sp³-hybridized carbons (Fsp3) is 0.364. The van der Waals surface area contributed by atoms with E-state index in [0.717, 1.165) is 11.6 Å². The molecule has 1 aromatic carbocycles. The molecule has 2 aromatic heterocycles. The Morgan fingerprint density at radius 1 is 1.23 bits per heavy atom. The van der Waals surface area contributed by atoms with Gasteiger partial charge in [-0.1, -0.05) is 19.1 Å². The number of aryl methyl sites for hydroxylation is 1. The molecule has 1 amide bonds. The molecule has 31 heavy (non-hydrogen) atoms. The fourth-order valence-electron chi connectivity index (χ4n) is 3.76. The molecule has 1 saturated heterocycles. The predicted octanol–water partition coefficient (Wildman–Crippen LogP) is 3.93. The van der Waals surface area contributed by atoms with Crippen molar-refractivity contribution in [2.75, 3.05) is 13.1 Å². The molecule has 1 fully saturated rings. The minimum atomic E-state index is -4.52. The summed E-state index contributed by atoms with van der Waals surface area (Å²) in [4.78, 5) is 26.8. The number of aromatic nitrogens is 4. The number of carbonyl (C=O) groups is 1. The molecule has 0 radical (unpaired) electrons. The summed E-state index contributed by atoms with van der Waals surface area (Å²) in [7, 11) is 0. The van der Waals surface area contributed by atoms with Crippen molar-refractivity contribution in [2.45, 2.75) is 38.4 Å². The molecule has 0 N–H and O–H groups in total. The van der Waals surface area contributed by atoms with E-state index in [-0.39, 0.29) is 17.6 Å². The van der Waals surface area contributed by atoms with Gasteiger partial charge in [0.1, 0.15) is 11.5 Å². The Kier molecular flexibility index (Phi) is 5.75. The van der Waals surface area contributed by atoms with Crippen LogP contribution in [0.3, 0.4) is 0 Å². The molecular formula is C22H22F3N5O. The zero-order valence-corrected chi connectivity index (χ0v) is 17.0. The lowest BCUT2D eigenvalue weighted by molar-refractivity contribution is -0.141. The summed E-state index contributed by atoms with van der Waals surface area (Å²) in [6.45, 7) is 3.11. The van der Waals surface area contributed by atoms with Crippen LogP contribution >= 0.6 is 0 Å². The van der Waals surface area contributed by atoms with E-state index in [4.69, 9.17) is 0 Å². The first-order valence-corrected chi connectivity index (χ1v) is 10.1. The van der Waals surface area contributed by atoms with Crippen molar-refractivity contribution in [1.82, 2.24) is 24.4 Å². The summed E-state index contributed by atoms with van der Waals surface area (Å²) in [6.07, 6.45) is 1.64. The summed E-state index contributed by atoms with van der Waals surface area (Å²) in [5.41, 5.74) is 0.950. The Hall–Kier alpha value is -3.23. The van der Waals surface area contributed by atoms with Crippen LogP contribution in [0, 0.1) is 0 Å². The minimum Gasteiger partial charge on any atom is -0.338 e. The topological polar surface area (TPSA) is 63.9 Å². The number of amides is 1. The maximum Gasteiger partial charge on any atom is 0.433 e. The van der Waals surface area contributed by atoms with Gasteiger partial charge in [-0.3, -0.25) is 4.79 Å². The Labute approximate surface area is 177 Å². The van der Waals surface area contributed by atoms with Crippen LogP contribution in [-0.4, -0.2) is 43.4 Å². The van der Waals surface area contributed by atoms with E-state index in [2.05, 4.69) is 15.0 Å². The number of halogens is 3. The van der Waals surface area contributed by atoms with Gasteiger partial charge in [0, 0.05) is 49.2 Å². The van der Waals surface area contributed by atoms with Crippen molar-refractivity contribution in [3.05, 3.63) is 77.4 Å². The number of carbonyl (C=O) groups excluding carboxylic acids is 1. The number of imidazole rings is 1. The van der Waals surface area contributed by atoms with Crippen LogP contribution < -0.4 is 0 Å². The molecule has 0 bridgehead atoms. The number of nitrogens with zero attached hydrogens (tertiary/aromatic N) is 5. The van der Waals surface area contributed by atoms with Crippen LogP contribution in [0.4, 0.5) is 13.2 Å². The quantitative estimate of drug-likeness (QED) is 0.617. The van der Waals surface area contributed by atoms with Crippen LogP contribution in [0.25, 0.3) is 0 Å². The normalized spacial score (nSPS) is 16.6. The van der Waals surface area contributed by atoms with Gasteiger partial charge in [0.15, 0.2) is 0 Å². The standard InChI is InChI=1S/C22H22F3N5O/c1-2-18-11-19(22(23,24)25)28-20(27-18)17-6-8-30(13-17)21(31)16-5-3-4-15(10-16)12-29-9-7-26-14-29/h3-5,7,9-11,14,17H,2,6,8,12-13H2,1H3. The fourth-order valence-corrected chi connectivity index (χ4v) is 3.76. The molecule has 1 aliphatic heterocycles. The van der Waals surface area contributed by atoms with Crippen LogP contribution in [0.5, 0.6) is 0 Å². The van der Waals surface area contributed by atoms with Gasteiger partial charge in [-0.05, 0) is 36.6 Å². The van der Waals surface area contributed by atoms with Crippen LogP contribution in [-0.2, 0) is 19.1 Å². The second kappa shape index (κ2) is 8.49. The molecule has 1 aliphatic rings. The molecule has 162 valence electrons. The maximum atomic E-state index is 13.2. The van der Waals surface area contributed by atoms with Crippen LogP contribution in [0.1, 0.15) is 52.4 Å². The second-order valence-corrected chi connectivity index (χ2v) is 7.63. The third-order valence-electron chi connectivity index (χ3n) is 5.39. The highest BCUT2D eigenvalue weighted by molar-refractivity contribution is 5.94. The molecule has 0 aliphatic carbocycles. The van der Waals surface area contributed by atoms with E-state index in [1.165, 1.54) is 0 Å². The Morgan fingerprint density at radius 2 is 2.06 bits per heavy atom. The molecule has 9 heteroatoms.